The molecule has 7 nitrogen and oxygen atoms in total. The maximum Gasteiger partial charge on any atom is 0.252 e. The van der Waals surface area contributed by atoms with Crippen molar-refractivity contribution in [3.8, 4) is 0 Å². The van der Waals surface area contributed by atoms with Gasteiger partial charge in [-0.2, -0.15) is 0 Å². The Morgan fingerprint density at radius 1 is 1.29 bits per heavy atom. The molecule has 0 radical (unpaired) electrons. The van der Waals surface area contributed by atoms with E-state index < -0.39 is 5.91 Å². The van der Waals surface area contributed by atoms with Crippen LogP contribution in [-0.4, -0.2) is 26.8 Å². The normalized spacial score (nSPS) is 16.3. The molecule has 2 saturated carbocycles. The van der Waals surface area contributed by atoms with Gasteiger partial charge in [0.15, 0.2) is 5.65 Å². The van der Waals surface area contributed by atoms with Gasteiger partial charge in [0.1, 0.15) is 11.3 Å². The molecule has 0 spiro atoms. The van der Waals surface area contributed by atoms with E-state index in [0.29, 0.717) is 35.1 Å². The average molecular weight is 423 g/mol. The monoisotopic (exact) mass is 423 g/mol. The van der Waals surface area contributed by atoms with Gasteiger partial charge in [-0.05, 0) is 49.3 Å². The molecule has 0 unspecified atom stereocenters. The Kier molecular flexibility index (Phi) is 5.97. The Bertz CT molecular complexity index is 1100. The van der Waals surface area contributed by atoms with Crippen molar-refractivity contribution < 1.29 is 14.0 Å². The molecule has 2 amide bonds. The van der Waals surface area contributed by atoms with Crippen LogP contribution in [0.15, 0.2) is 36.7 Å². The number of amides is 2. The minimum Gasteiger partial charge on any atom is -0.365 e. The lowest BCUT2D eigenvalue weighted by Gasteiger charge is -2.10. The number of fused-ring (bicyclic) bond motifs is 1. The maximum atomic E-state index is 12.9. The molecule has 2 aliphatic carbocycles. The summed E-state index contributed by atoms with van der Waals surface area (Å²) in [6.07, 6.45) is 7.97. The summed E-state index contributed by atoms with van der Waals surface area (Å²) < 4.78 is 12.9. The van der Waals surface area contributed by atoms with Crippen molar-refractivity contribution in [3.05, 3.63) is 59.3 Å². The van der Waals surface area contributed by atoms with E-state index in [2.05, 4.69) is 20.3 Å². The van der Waals surface area contributed by atoms with E-state index in [1.807, 2.05) is 13.0 Å². The molecule has 1 atom stereocenters. The third-order valence-electron chi connectivity index (χ3n) is 5.76. The first-order valence-corrected chi connectivity index (χ1v) is 10.6. The molecule has 2 heterocycles. The van der Waals surface area contributed by atoms with Gasteiger partial charge in [0.25, 0.3) is 5.91 Å². The summed E-state index contributed by atoms with van der Waals surface area (Å²) in [5.41, 5.74) is 8.63. The fourth-order valence-electron chi connectivity index (χ4n) is 3.48. The van der Waals surface area contributed by atoms with Crippen molar-refractivity contribution >= 4 is 23.0 Å². The molecule has 0 aliphatic heterocycles. The van der Waals surface area contributed by atoms with Crippen molar-refractivity contribution in [1.29, 1.82) is 0 Å². The quantitative estimate of drug-likeness (QED) is 0.564. The molecule has 0 saturated heterocycles. The lowest BCUT2D eigenvalue weighted by molar-refractivity contribution is -0.125. The standard InChI is InChI=1S/C13H16FNO.C10H10N4O/c1-9(11-5-6-11)13(16)15-8-10-3-2-4-12(14)7-10;11-9(15)6-3-12-10-8(6)14-7(4-13-10)5-1-2-5/h2-4,7,9,11H,5-6,8H2,1H3,(H,15,16);3-5H,1-2H2,(H2,11,15)(H,12,13)/t9-;/m1./s1. The first-order valence-electron chi connectivity index (χ1n) is 10.6. The number of aromatic nitrogens is 3. The van der Waals surface area contributed by atoms with Gasteiger partial charge in [-0.25, -0.2) is 14.4 Å². The number of nitrogens with one attached hydrogen (secondary N) is 2. The third kappa shape index (κ3) is 5.25. The zero-order valence-corrected chi connectivity index (χ0v) is 17.4. The first-order chi connectivity index (χ1) is 14.9. The van der Waals surface area contributed by atoms with Gasteiger partial charge in [0.05, 0.1) is 17.5 Å². The van der Waals surface area contributed by atoms with Gasteiger partial charge in [0, 0.05) is 24.6 Å². The van der Waals surface area contributed by atoms with E-state index in [9.17, 15) is 14.0 Å². The molecule has 2 fully saturated rings. The Morgan fingerprint density at radius 2 is 2.06 bits per heavy atom. The van der Waals surface area contributed by atoms with E-state index >= 15 is 0 Å². The molecular weight excluding hydrogens is 397 g/mol. The largest absolute Gasteiger partial charge is 0.365 e. The summed E-state index contributed by atoms with van der Waals surface area (Å²) in [5.74, 6) is 0.524. The smallest absolute Gasteiger partial charge is 0.252 e. The third-order valence-corrected chi connectivity index (χ3v) is 5.76. The van der Waals surface area contributed by atoms with Crippen LogP contribution in [0.3, 0.4) is 0 Å². The molecule has 31 heavy (non-hydrogen) atoms. The predicted octanol–water partition coefficient (Wildman–Crippen LogP) is 3.42. The summed E-state index contributed by atoms with van der Waals surface area (Å²) in [6.45, 7) is 2.37. The van der Waals surface area contributed by atoms with Gasteiger partial charge >= 0.3 is 0 Å². The Labute approximate surface area is 179 Å². The zero-order valence-electron chi connectivity index (χ0n) is 17.4. The second-order valence-electron chi connectivity index (χ2n) is 8.31. The van der Waals surface area contributed by atoms with E-state index in [-0.39, 0.29) is 17.6 Å². The van der Waals surface area contributed by atoms with Gasteiger partial charge in [-0.15, -0.1) is 0 Å². The highest BCUT2D eigenvalue weighted by atomic mass is 19.1. The van der Waals surface area contributed by atoms with Crippen LogP contribution in [0.5, 0.6) is 0 Å². The van der Waals surface area contributed by atoms with Crippen molar-refractivity contribution in [1.82, 2.24) is 20.3 Å². The predicted molar refractivity (Wildman–Crippen MR) is 115 cm³/mol. The average Bonchev–Trinajstić information content (AvgIpc) is 3.68. The molecule has 1 aromatic carbocycles. The number of nitrogens with zero attached hydrogens (tertiary/aromatic N) is 2. The number of primary amides is 1. The fraction of sp³-hybridized carbons (Fsp3) is 0.391. The van der Waals surface area contributed by atoms with Crippen LogP contribution in [0.25, 0.3) is 11.2 Å². The van der Waals surface area contributed by atoms with Crippen molar-refractivity contribution in [2.45, 2.75) is 45.1 Å². The molecule has 8 heteroatoms. The topological polar surface area (TPSA) is 114 Å². The Morgan fingerprint density at radius 3 is 2.71 bits per heavy atom. The van der Waals surface area contributed by atoms with Crippen LogP contribution in [0.2, 0.25) is 0 Å². The minimum absolute atomic E-state index is 0.0757. The number of rotatable bonds is 6. The van der Waals surface area contributed by atoms with E-state index in [1.165, 1.54) is 12.1 Å². The lowest BCUT2D eigenvalue weighted by Crippen LogP contribution is -2.29. The summed E-state index contributed by atoms with van der Waals surface area (Å²) in [6, 6.07) is 6.31. The van der Waals surface area contributed by atoms with Crippen LogP contribution in [-0.2, 0) is 11.3 Å². The van der Waals surface area contributed by atoms with Gasteiger partial charge in [-0.3, -0.25) is 9.59 Å². The summed E-state index contributed by atoms with van der Waals surface area (Å²) in [7, 11) is 0. The Balaban J connectivity index is 0.000000149. The number of nitrogens with two attached hydrogens (primary N) is 1. The van der Waals surface area contributed by atoms with E-state index in [4.69, 9.17) is 5.73 Å². The van der Waals surface area contributed by atoms with Crippen LogP contribution in [0, 0.1) is 17.7 Å². The number of benzene rings is 1. The SMILES string of the molecule is C[C@@H](C(=O)NCc1cccc(F)c1)C1CC1.NC(=O)c1c[nH]c2ncc(C3CC3)nc12. The van der Waals surface area contributed by atoms with Crippen molar-refractivity contribution in [2.75, 3.05) is 0 Å². The molecular formula is C23H26FN5O2. The molecule has 3 aromatic rings. The molecule has 162 valence electrons. The molecule has 2 aromatic heterocycles. The highest BCUT2D eigenvalue weighted by Crippen LogP contribution is 2.39. The second kappa shape index (κ2) is 8.83. The summed E-state index contributed by atoms with van der Waals surface area (Å²) in [5, 5.41) is 2.84. The highest BCUT2D eigenvalue weighted by molar-refractivity contribution is 6.03. The molecule has 5 rings (SSSR count). The second-order valence-corrected chi connectivity index (χ2v) is 8.31. The number of carbonyl (C=O) groups excluding carboxylic acids is 2. The van der Waals surface area contributed by atoms with Gasteiger partial charge < -0.3 is 16.0 Å². The van der Waals surface area contributed by atoms with Crippen LogP contribution in [0.4, 0.5) is 4.39 Å². The fourth-order valence-corrected chi connectivity index (χ4v) is 3.48. The summed E-state index contributed by atoms with van der Waals surface area (Å²) in [4.78, 5) is 34.3. The van der Waals surface area contributed by atoms with Gasteiger partial charge in [-0.1, -0.05) is 19.1 Å². The number of hydrogen-bond donors (Lipinski definition) is 3. The number of halogens is 1. The van der Waals surface area contributed by atoms with Crippen molar-refractivity contribution in [3.63, 3.8) is 0 Å². The Hall–Kier alpha value is -3.29. The number of hydrogen-bond acceptors (Lipinski definition) is 4. The van der Waals surface area contributed by atoms with Crippen LogP contribution in [0.1, 0.15) is 60.1 Å². The number of aromatic amines is 1. The molecule has 0 bridgehead atoms. The highest BCUT2D eigenvalue weighted by Gasteiger charge is 2.32. The van der Waals surface area contributed by atoms with Crippen molar-refractivity contribution in [2.24, 2.45) is 17.6 Å². The lowest BCUT2D eigenvalue weighted by atomic mass is 10.1. The summed E-state index contributed by atoms with van der Waals surface area (Å²) >= 11 is 0. The minimum atomic E-state index is -0.469. The number of H-pyrrole nitrogens is 1. The van der Waals surface area contributed by atoms with Crippen LogP contribution >= 0.6 is 0 Å². The first kappa shape index (κ1) is 21.0. The van der Waals surface area contributed by atoms with E-state index in [1.54, 1.807) is 18.5 Å². The van der Waals surface area contributed by atoms with E-state index in [0.717, 1.165) is 36.9 Å². The molecule has 4 N–H and O–H groups in total. The number of carbonyl (C=O) groups is 2. The van der Waals surface area contributed by atoms with Crippen LogP contribution < -0.4 is 11.1 Å². The van der Waals surface area contributed by atoms with Gasteiger partial charge in [0.2, 0.25) is 5.91 Å². The molecule has 2 aliphatic rings. The zero-order chi connectivity index (χ0) is 22.0. The maximum absolute atomic E-state index is 12.9.